The van der Waals surface area contributed by atoms with Crippen LogP contribution < -0.4 is 0 Å². The highest BCUT2D eigenvalue weighted by molar-refractivity contribution is 7.07. The second-order valence-electron chi connectivity index (χ2n) is 5.76. The molecule has 0 unspecified atom stereocenters. The minimum atomic E-state index is 0.380. The molecule has 0 N–H and O–H groups in total. The van der Waals surface area contributed by atoms with Gasteiger partial charge in [-0.15, -0.1) is 0 Å². The van der Waals surface area contributed by atoms with Crippen molar-refractivity contribution < 1.29 is 0 Å². The van der Waals surface area contributed by atoms with Gasteiger partial charge in [-0.3, -0.25) is 4.90 Å². The summed E-state index contributed by atoms with van der Waals surface area (Å²) in [6.45, 7) is 9.54. The summed E-state index contributed by atoms with van der Waals surface area (Å²) in [5.74, 6) is 1.32. The Morgan fingerprint density at radius 1 is 1.24 bits per heavy atom. The van der Waals surface area contributed by atoms with Gasteiger partial charge in [-0.05, 0) is 41.4 Å². The highest BCUT2D eigenvalue weighted by Crippen LogP contribution is 2.14. The molecule has 0 amide bonds. The zero-order valence-corrected chi connectivity index (χ0v) is 14.1. The molecule has 2 heterocycles. The smallest absolute Gasteiger partial charge is 0.131 e. The van der Waals surface area contributed by atoms with E-state index in [0.29, 0.717) is 5.92 Å². The first-order valence-corrected chi connectivity index (χ1v) is 8.68. The molecule has 0 aliphatic carbocycles. The van der Waals surface area contributed by atoms with Crippen molar-refractivity contribution >= 4 is 11.3 Å². The number of nitrogens with zero attached hydrogens (tertiary/aromatic N) is 3. The second kappa shape index (κ2) is 8.25. The molecule has 0 aliphatic heterocycles. The predicted molar refractivity (Wildman–Crippen MR) is 89.5 cm³/mol. The molecule has 2 aromatic heterocycles. The van der Waals surface area contributed by atoms with E-state index >= 15 is 0 Å². The van der Waals surface area contributed by atoms with Crippen molar-refractivity contribution in [1.29, 1.82) is 0 Å². The van der Waals surface area contributed by atoms with Crippen molar-refractivity contribution in [2.45, 2.75) is 52.6 Å². The van der Waals surface area contributed by atoms with Gasteiger partial charge in [0, 0.05) is 25.2 Å². The van der Waals surface area contributed by atoms with E-state index in [9.17, 15) is 0 Å². The molecular weight excluding hydrogens is 278 g/mol. The van der Waals surface area contributed by atoms with Crippen LogP contribution in [0.3, 0.4) is 0 Å². The summed E-state index contributed by atoms with van der Waals surface area (Å²) in [4.78, 5) is 11.5. The molecular formula is C17H25N3S. The largest absolute Gasteiger partial charge is 0.293 e. The lowest BCUT2D eigenvalue weighted by Crippen LogP contribution is -2.24. The summed E-state index contributed by atoms with van der Waals surface area (Å²) in [6.07, 6.45) is 4.34. The van der Waals surface area contributed by atoms with E-state index in [1.54, 1.807) is 11.3 Å². The molecule has 2 aromatic rings. The number of rotatable bonds is 8. The van der Waals surface area contributed by atoms with Gasteiger partial charge in [-0.25, -0.2) is 9.97 Å². The Labute approximate surface area is 132 Å². The van der Waals surface area contributed by atoms with Crippen molar-refractivity contribution in [2.75, 3.05) is 6.54 Å². The summed E-state index contributed by atoms with van der Waals surface area (Å²) in [6, 6.07) is 4.25. The van der Waals surface area contributed by atoms with Gasteiger partial charge in [0.05, 0.1) is 5.69 Å². The molecule has 0 aliphatic rings. The lowest BCUT2D eigenvalue weighted by Gasteiger charge is -2.21. The monoisotopic (exact) mass is 303 g/mol. The van der Waals surface area contributed by atoms with Crippen LogP contribution in [0.5, 0.6) is 0 Å². The first kappa shape index (κ1) is 16.1. The zero-order chi connectivity index (χ0) is 15.1. The van der Waals surface area contributed by atoms with Gasteiger partial charge in [-0.1, -0.05) is 27.2 Å². The first-order valence-electron chi connectivity index (χ1n) is 7.74. The standard InChI is InChI=1S/C17H25N3S/c1-4-5-9-20(11-15-7-10-21-13-15)12-16-6-8-18-17(19-16)14(2)3/h6-8,10,13-14H,4-5,9,11-12H2,1-3H3. The Morgan fingerprint density at radius 2 is 2.10 bits per heavy atom. The van der Waals surface area contributed by atoms with Gasteiger partial charge in [0.15, 0.2) is 0 Å². The van der Waals surface area contributed by atoms with Gasteiger partial charge in [0.1, 0.15) is 5.82 Å². The fraction of sp³-hybridized carbons (Fsp3) is 0.529. The Bertz CT molecular complexity index is 523. The fourth-order valence-corrected chi connectivity index (χ4v) is 2.90. The quantitative estimate of drug-likeness (QED) is 0.721. The molecule has 4 heteroatoms. The van der Waals surface area contributed by atoms with Crippen molar-refractivity contribution in [3.8, 4) is 0 Å². The molecule has 0 atom stereocenters. The first-order chi connectivity index (χ1) is 10.2. The van der Waals surface area contributed by atoms with Crippen LogP contribution in [0.4, 0.5) is 0 Å². The van der Waals surface area contributed by atoms with Crippen LogP contribution in [0.2, 0.25) is 0 Å². The van der Waals surface area contributed by atoms with Gasteiger partial charge in [0.25, 0.3) is 0 Å². The number of hydrogen-bond donors (Lipinski definition) is 0. The van der Waals surface area contributed by atoms with Crippen LogP contribution >= 0.6 is 11.3 Å². The van der Waals surface area contributed by atoms with E-state index in [-0.39, 0.29) is 0 Å². The molecule has 114 valence electrons. The van der Waals surface area contributed by atoms with Crippen LogP contribution in [0.1, 0.15) is 56.6 Å². The van der Waals surface area contributed by atoms with Crippen LogP contribution in [-0.2, 0) is 13.1 Å². The van der Waals surface area contributed by atoms with E-state index in [4.69, 9.17) is 4.98 Å². The third kappa shape index (κ3) is 5.21. The predicted octanol–water partition coefficient (Wildman–Crippen LogP) is 4.46. The molecule has 0 saturated carbocycles. The fourth-order valence-electron chi connectivity index (χ4n) is 2.24. The van der Waals surface area contributed by atoms with E-state index < -0.39 is 0 Å². The van der Waals surface area contributed by atoms with Crippen molar-refractivity contribution in [1.82, 2.24) is 14.9 Å². The Morgan fingerprint density at radius 3 is 2.76 bits per heavy atom. The molecule has 0 radical (unpaired) electrons. The molecule has 3 nitrogen and oxygen atoms in total. The third-order valence-electron chi connectivity index (χ3n) is 3.45. The molecule has 2 rings (SSSR count). The minimum absolute atomic E-state index is 0.380. The lowest BCUT2D eigenvalue weighted by molar-refractivity contribution is 0.249. The maximum Gasteiger partial charge on any atom is 0.131 e. The summed E-state index contributed by atoms with van der Waals surface area (Å²) in [5.41, 5.74) is 2.52. The number of aromatic nitrogens is 2. The van der Waals surface area contributed by atoms with E-state index in [0.717, 1.165) is 31.2 Å². The molecule has 0 bridgehead atoms. The van der Waals surface area contributed by atoms with Gasteiger partial charge >= 0.3 is 0 Å². The van der Waals surface area contributed by atoms with E-state index in [1.165, 1.54) is 18.4 Å². The van der Waals surface area contributed by atoms with Crippen LogP contribution in [-0.4, -0.2) is 21.4 Å². The van der Waals surface area contributed by atoms with E-state index in [2.05, 4.69) is 47.5 Å². The van der Waals surface area contributed by atoms with Gasteiger partial charge in [-0.2, -0.15) is 11.3 Å². The molecule has 0 saturated heterocycles. The van der Waals surface area contributed by atoms with Crippen molar-refractivity contribution in [3.05, 3.63) is 46.2 Å². The topological polar surface area (TPSA) is 29.0 Å². The third-order valence-corrected chi connectivity index (χ3v) is 4.18. The van der Waals surface area contributed by atoms with Gasteiger partial charge < -0.3 is 0 Å². The average molecular weight is 303 g/mol. The molecule has 0 aromatic carbocycles. The highest BCUT2D eigenvalue weighted by Gasteiger charge is 2.10. The summed E-state index contributed by atoms with van der Waals surface area (Å²) in [5, 5.41) is 4.38. The summed E-state index contributed by atoms with van der Waals surface area (Å²) < 4.78 is 0. The summed E-state index contributed by atoms with van der Waals surface area (Å²) >= 11 is 1.77. The molecule has 0 fully saturated rings. The van der Waals surface area contributed by atoms with Crippen LogP contribution in [0, 0.1) is 0 Å². The Hall–Kier alpha value is -1.26. The number of hydrogen-bond acceptors (Lipinski definition) is 4. The maximum absolute atomic E-state index is 4.70. The Balaban J connectivity index is 2.04. The number of unbranched alkanes of at least 4 members (excludes halogenated alkanes) is 1. The second-order valence-corrected chi connectivity index (χ2v) is 6.54. The van der Waals surface area contributed by atoms with Crippen LogP contribution in [0.15, 0.2) is 29.1 Å². The molecule has 21 heavy (non-hydrogen) atoms. The van der Waals surface area contributed by atoms with Crippen molar-refractivity contribution in [2.24, 2.45) is 0 Å². The van der Waals surface area contributed by atoms with Crippen molar-refractivity contribution in [3.63, 3.8) is 0 Å². The minimum Gasteiger partial charge on any atom is -0.293 e. The zero-order valence-electron chi connectivity index (χ0n) is 13.2. The van der Waals surface area contributed by atoms with E-state index in [1.807, 2.05) is 12.3 Å². The SMILES string of the molecule is CCCCN(Cc1ccsc1)Cc1ccnc(C(C)C)n1. The maximum atomic E-state index is 4.70. The highest BCUT2D eigenvalue weighted by atomic mass is 32.1. The number of thiophene rings is 1. The Kier molecular flexibility index (Phi) is 6.33. The lowest BCUT2D eigenvalue weighted by atomic mass is 10.2. The van der Waals surface area contributed by atoms with Crippen LogP contribution in [0.25, 0.3) is 0 Å². The van der Waals surface area contributed by atoms with Gasteiger partial charge in [0.2, 0.25) is 0 Å². The average Bonchev–Trinajstić information content (AvgIpc) is 2.98. The normalized spacial score (nSPS) is 11.5. The molecule has 0 spiro atoms. The summed E-state index contributed by atoms with van der Waals surface area (Å²) in [7, 11) is 0.